The number of hydrogen-bond donors (Lipinski definition) is 0. The van der Waals surface area contributed by atoms with Gasteiger partial charge in [-0.1, -0.05) is 64.8 Å². The highest BCUT2D eigenvalue weighted by Gasteiger charge is 2.47. The summed E-state index contributed by atoms with van der Waals surface area (Å²) in [5.74, 6) is -3.17. The van der Waals surface area contributed by atoms with Crippen molar-refractivity contribution in [2.24, 2.45) is 11.8 Å². The summed E-state index contributed by atoms with van der Waals surface area (Å²) >= 11 is 0. The van der Waals surface area contributed by atoms with Crippen molar-refractivity contribution >= 4 is 35.4 Å². The van der Waals surface area contributed by atoms with E-state index in [1.165, 1.54) is 0 Å². The van der Waals surface area contributed by atoms with Crippen LogP contribution in [0.15, 0.2) is 48.5 Å². The number of carbonyl (C=O) groups excluding carboxylic acids is 6. The normalized spacial score (nSPS) is 20.1. The SMILES string of the molecule is CC[C@@H](C)[C@H](C(=O)N1CCOCCN(C(=O)[C@@H]([C@@H](C)CC)N2C(=O)c3ccccc3C2=O)CCOCC1)N1C(=O)c2ccccc2C1=O. The van der Waals surface area contributed by atoms with Crippen molar-refractivity contribution in [3.05, 3.63) is 70.8 Å². The van der Waals surface area contributed by atoms with E-state index in [-0.39, 0.29) is 76.3 Å². The van der Waals surface area contributed by atoms with Crippen LogP contribution in [0, 0.1) is 11.8 Å². The second-order valence-electron chi connectivity index (χ2n) is 12.6. The summed E-state index contributed by atoms with van der Waals surface area (Å²) in [4.78, 5) is 86.9. The Kier molecular flexibility index (Phi) is 11.1. The maximum absolute atomic E-state index is 14.1. The van der Waals surface area contributed by atoms with Gasteiger partial charge in [-0.25, -0.2) is 0 Å². The largest absolute Gasteiger partial charge is 0.378 e. The van der Waals surface area contributed by atoms with Gasteiger partial charge in [0.2, 0.25) is 11.8 Å². The highest BCUT2D eigenvalue weighted by Crippen LogP contribution is 2.31. The smallest absolute Gasteiger partial charge is 0.262 e. The fraction of sp³-hybridized carbons (Fsp3) is 0.500. The monoisotopic (exact) mass is 660 g/mol. The molecule has 2 aromatic carbocycles. The highest BCUT2D eigenvalue weighted by atomic mass is 16.5. The van der Waals surface area contributed by atoms with Gasteiger partial charge in [0.15, 0.2) is 0 Å². The average Bonchev–Trinajstić information content (AvgIpc) is 3.49. The van der Waals surface area contributed by atoms with Gasteiger partial charge in [0.25, 0.3) is 23.6 Å². The number of ether oxygens (including phenoxy) is 2. The van der Waals surface area contributed by atoms with Crippen molar-refractivity contribution in [1.29, 1.82) is 0 Å². The van der Waals surface area contributed by atoms with Crippen LogP contribution in [0.1, 0.15) is 82.0 Å². The van der Waals surface area contributed by atoms with Crippen LogP contribution in [-0.2, 0) is 19.1 Å². The summed E-state index contributed by atoms with van der Waals surface area (Å²) in [5, 5.41) is 0. The molecule has 0 aliphatic carbocycles. The maximum Gasteiger partial charge on any atom is 0.262 e. The number of benzene rings is 2. The van der Waals surface area contributed by atoms with Gasteiger partial charge >= 0.3 is 0 Å². The molecule has 0 spiro atoms. The fourth-order valence-electron chi connectivity index (χ4n) is 6.53. The van der Waals surface area contributed by atoms with Gasteiger partial charge in [-0.2, -0.15) is 0 Å². The zero-order valence-corrected chi connectivity index (χ0v) is 28.1. The van der Waals surface area contributed by atoms with Gasteiger partial charge < -0.3 is 19.3 Å². The third kappa shape index (κ3) is 6.64. The van der Waals surface area contributed by atoms with Crippen molar-refractivity contribution in [1.82, 2.24) is 19.6 Å². The molecule has 2 aromatic rings. The molecule has 0 N–H and O–H groups in total. The zero-order chi connectivity index (χ0) is 34.5. The number of carbonyl (C=O) groups is 6. The zero-order valence-electron chi connectivity index (χ0n) is 28.1. The van der Waals surface area contributed by atoms with Gasteiger partial charge in [0.1, 0.15) is 12.1 Å². The quantitative estimate of drug-likeness (QED) is 0.395. The number of amides is 6. The van der Waals surface area contributed by atoms with Crippen LogP contribution in [0.4, 0.5) is 0 Å². The average molecular weight is 661 g/mol. The molecule has 0 unspecified atom stereocenters. The lowest BCUT2D eigenvalue weighted by atomic mass is 9.96. The molecule has 0 saturated carbocycles. The first kappa shape index (κ1) is 34.9. The Morgan fingerprint density at radius 1 is 0.562 bits per heavy atom. The second-order valence-corrected chi connectivity index (χ2v) is 12.6. The third-order valence-corrected chi connectivity index (χ3v) is 9.72. The summed E-state index contributed by atoms with van der Waals surface area (Å²) in [5.41, 5.74) is 1.17. The van der Waals surface area contributed by atoms with Crippen LogP contribution in [0.2, 0.25) is 0 Å². The van der Waals surface area contributed by atoms with Crippen LogP contribution < -0.4 is 0 Å². The lowest BCUT2D eigenvalue weighted by molar-refractivity contribution is -0.140. The Morgan fingerprint density at radius 2 is 0.833 bits per heavy atom. The van der Waals surface area contributed by atoms with E-state index in [0.29, 0.717) is 35.1 Å². The minimum Gasteiger partial charge on any atom is -0.378 e. The van der Waals surface area contributed by atoms with E-state index in [4.69, 9.17) is 9.47 Å². The van der Waals surface area contributed by atoms with Crippen LogP contribution >= 0.6 is 0 Å². The summed E-state index contributed by atoms with van der Waals surface area (Å²) in [6.07, 6.45) is 1.15. The van der Waals surface area contributed by atoms with Crippen molar-refractivity contribution in [3.63, 3.8) is 0 Å². The molecule has 12 nitrogen and oxygen atoms in total. The van der Waals surface area contributed by atoms with Crippen LogP contribution in [-0.4, -0.2) is 120 Å². The summed E-state index contributed by atoms with van der Waals surface area (Å²) in [6.45, 7) is 8.91. The number of hydrogen-bond acceptors (Lipinski definition) is 8. The van der Waals surface area contributed by atoms with Gasteiger partial charge in [-0.15, -0.1) is 0 Å². The van der Waals surface area contributed by atoms with Crippen LogP contribution in [0.3, 0.4) is 0 Å². The molecule has 4 atom stereocenters. The molecular formula is C36H44N4O8. The minimum atomic E-state index is -0.983. The number of fused-ring (bicyclic) bond motifs is 2. The molecule has 6 amide bonds. The summed E-state index contributed by atoms with van der Waals surface area (Å²) in [6, 6.07) is 11.2. The molecule has 3 aliphatic rings. The van der Waals surface area contributed by atoms with Crippen molar-refractivity contribution in [3.8, 4) is 0 Å². The van der Waals surface area contributed by atoms with Gasteiger partial charge in [0, 0.05) is 26.2 Å². The lowest BCUT2D eigenvalue weighted by Crippen LogP contribution is -2.55. The predicted molar refractivity (Wildman–Crippen MR) is 175 cm³/mol. The Hall–Kier alpha value is -4.42. The van der Waals surface area contributed by atoms with E-state index in [2.05, 4.69) is 0 Å². The Bertz CT molecular complexity index is 1380. The van der Waals surface area contributed by atoms with E-state index in [1.807, 2.05) is 27.7 Å². The standard InChI is InChI=1S/C36H44N4O8/c1-5-23(3)29(39-31(41)25-11-7-8-12-26(25)32(39)42)35(45)37-15-19-47-21-17-38(18-22-48-20-16-37)36(46)30(24(4)6-2)40-33(43)27-13-9-10-14-28(27)34(40)44/h7-14,23-24,29-30H,5-6,15-22H2,1-4H3/t23-,24+,29-,30-/m1/s1. The molecule has 256 valence electrons. The maximum atomic E-state index is 14.1. The predicted octanol–water partition coefficient (Wildman–Crippen LogP) is 3.11. The van der Waals surface area contributed by atoms with Gasteiger partial charge in [0.05, 0.1) is 48.7 Å². The summed E-state index contributed by atoms with van der Waals surface area (Å²) in [7, 11) is 0. The molecule has 0 aromatic heterocycles. The molecule has 0 bridgehead atoms. The topological polar surface area (TPSA) is 134 Å². The first-order valence-electron chi connectivity index (χ1n) is 16.8. The molecule has 3 heterocycles. The van der Waals surface area contributed by atoms with E-state index in [1.54, 1.807) is 58.3 Å². The van der Waals surface area contributed by atoms with Crippen LogP contribution in [0.25, 0.3) is 0 Å². The van der Waals surface area contributed by atoms with Crippen molar-refractivity contribution in [2.75, 3.05) is 52.6 Å². The minimum absolute atomic E-state index is 0.149. The number of imide groups is 2. The molecule has 5 rings (SSSR count). The van der Waals surface area contributed by atoms with E-state index in [0.717, 1.165) is 9.80 Å². The van der Waals surface area contributed by atoms with Gasteiger partial charge in [-0.3, -0.25) is 38.6 Å². The molecule has 0 radical (unpaired) electrons. The Labute approximate surface area is 280 Å². The molecule has 1 fully saturated rings. The molecular weight excluding hydrogens is 616 g/mol. The fourth-order valence-corrected chi connectivity index (χ4v) is 6.53. The first-order chi connectivity index (χ1) is 23.1. The first-order valence-corrected chi connectivity index (χ1v) is 16.8. The van der Waals surface area contributed by atoms with E-state index >= 15 is 0 Å². The van der Waals surface area contributed by atoms with E-state index < -0.39 is 35.7 Å². The lowest BCUT2D eigenvalue weighted by Gasteiger charge is -2.36. The third-order valence-electron chi connectivity index (χ3n) is 9.72. The van der Waals surface area contributed by atoms with Crippen molar-refractivity contribution < 1.29 is 38.2 Å². The molecule has 3 aliphatic heterocycles. The second kappa shape index (κ2) is 15.2. The Morgan fingerprint density at radius 3 is 1.08 bits per heavy atom. The molecule has 1 saturated heterocycles. The van der Waals surface area contributed by atoms with E-state index in [9.17, 15) is 28.8 Å². The van der Waals surface area contributed by atoms with Crippen LogP contribution in [0.5, 0.6) is 0 Å². The molecule has 12 heteroatoms. The van der Waals surface area contributed by atoms with Crippen molar-refractivity contribution in [2.45, 2.75) is 52.6 Å². The molecule has 48 heavy (non-hydrogen) atoms. The highest BCUT2D eigenvalue weighted by molar-refractivity contribution is 6.23. The number of nitrogens with zero attached hydrogens (tertiary/aromatic N) is 4. The number of rotatable bonds is 8. The summed E-state index contributed by atoms with van der Waals surface area (Å²) < 4.78 is 11.8. The Balaban J connectivity index is 1.26. The van der Waals surface area contributed by atoms with Gasteiger partial charge in [-0.05, 0) is 36.1 Å².